The van der Waals surface area contributed by atoms with E-state index in [1.807, 2.05) is 42.6 Å². The topological polar surface area (TPSA) is 51.2 Å². The lowest BCUT2D eigenvalue weighted by Crippen LogP contribution is -2.14. The monoisotopic (exact) mass is 404 g/mol. The lowest BCUT2D eigenvalue weighted by atomic mass is 10.2. The number of benzene rings is 2. The first-order valence-electron chi connectivity index (χ1n) is 7.84. The van der Waals surface area contributed by atoms with E-state index in [0.717, 1.165) is 21.2 Å². The molecule has 2 aromatic carbocycles. The number of carbonyl (C=O) groups excluding carboxylic acids is 1. The van der Waals surface area contributed by atoms with Crippen LogP contribution >= 0.6 is 34.7 Å². The summed E-state index contributed by atoms with van der Waals surface area (Å²) >= 11 is 9.04. The molecule has 26 heavy (non-hydrogen) atoms. The van der Waals surface area contributed by atoms with E-state index in [1.165, 1.54) is 23.1 Å². The molecule has 0 radical (unpaired) electrons. The first kappa shape index (κ1) is 18.8. The van der Waals surface area contributed by atoms with Crippen molar-refractivity contribution in [1.29, 1.82) is 0 Å². The van der Waals surface area contributed by atoms with Gasteiger partial charge in [-0.05, 0) is 18.6 Å². The molecule has 0 bridgehead atoms. The highest BCUT2D eigenvalue weighted by Gasteiger charge is 2.12. The first-order chi connectivity index (χ1) is 12.6. The Kier molecular flexibility index (Phi) is 6.19. The van der Waals surface area contributed by atoms with Crippen molar-refractivity contribution in [3.63, 3.8) is 0 Å². The van der Waals surface area contributed by atoms with E-state index in [-0.39, 0.29) is 11.7 Å². The minimum Gasteiger partial charge on any atom is -0.495 e. The zero-order valence-corrected chi connectivity index (χ0v) is 16.7. The quantitative estimate of drug-likeness (QED) is 0.550. The average molecular weight is 405 g/mol. The number of thiazole rings is 1. The Morgan fingerprint density at radius 3 is 2.81 bits per heavy atom. The Balaban J connectivity index is 1.62. The highest BCUT2D eigenvalue weighted by Crippen LogP contribution is 2.32. The van der Waals surface area contributed by atoms with E-state index < -0.39 is 0 Å². The van der Waals surface area contributed by atoms with Crippen molar-refractivity contribution >= 4 is 46.3 Å². The lowest BCUT2D eigenvalue weighted by molar-refractivity contribution is -0.113. The van der Waals surface area contributed by atoms with Crippen molar-refractivity contribution in [2.24, 2.45) is 0 Å². The summed E-state index contributed by atoms with van der Waals surface area (Å²) in [6.07, 6.45) is 0. The molecule has 0 aliphatic carbocycles. The number of rotatable bonds is 6. The van der Waals surface area contributed by atoms with Gasteiger partial charge in [0.2, 0.25) is 5.91 Å². The zero-order valence-electron chi connectivity index (χ0n) is 14.3. The number of nitrogens with zero attached hydrogens (tertiary/aromatic N) is 1. The summed E-state index contributed by atoms with van der Waals surface area (Å²) in [6, 6.07) is 13.5. The fraction of sp³-hybridized carbons (Fsp3) is 0.158. The molecule has 0 spiro atoms. The van der Waals surface area contributed by atoms with Gasteiger partial charge in [-0.1, -0.05) is 53.7 Å². The van der Waals surface area contributed by atoms with Gasteiger partial charge in [-0.2, -0.15) is 0 Å². The van der Waals surface area contributed by atoms with Crippen molar-refractivity contribution in [2.45, 2.75) is 11.3 Å². The van der Waals surface area contributed by atoms with Gasteiger partial charge in [-0.25, -0.2) is 4.98 Å². The highest BCUT2D eigenvalue weighted by molar-refractivity contribution is 8.01. The number of ether oxygens (including phenoxy) is 1. The smallest absolute Gasteiger partial charge is 0.234 e. The van der Waals surface area contributed by atoms with Crippen molar-refractivity contribution < 1.29 is 9.53 Å². The van der Waals surface area contributed by atoms with Gasteiger partial charge in [0.25, 0.3) is 0 Å². The molecule has 134 valence electrons. The number of thioether (sulfide) groups is 1. The molecule has 7 heteroatoms. The molecule has 1 aromatic heterocycles. The second-order valence-electron chi connectivity index (χ2n) is 5.50. The van der Waals surface area contributed by atoms with Crippen LogP contribution in [0.1, 0.15) is 5.56 Å². The van der Waals surface area contributed by atoms with E-state index >= 15 is 0 Å². The second kappa shape index (κ2) is 8.58. The molecule has 1 N–H and O–H groups in total. The highest BCUT2D eigenvalue weighted by atomic mass is 35.5. The normalized spacial score (nSPS) is 10.6. The van der Waals surface area contributed by atoms with E-state index in [1.54, 1.807) is 19.2 Å². The second-order valence-corrected chi connectivity index (χ2v) is 7.99. The molecule has 4 nitrogen and oxygen atoms in total. The summed E-state index contributed by atoms with van der Waals surface area (Å²) in [7, 11) is 1.55. The van der Waals surface area contributed by atoms with Crippen molar-refractivity contribution in [3.8, 4) is 17.0 Å². The Hall–Kier alpha value is -2.02. The van der Waals surface area contributed by atoms with Crippen LogP contribution in [0.4, 0.5) is 5.69 Å². The van der Waals surface area contributed by atoms with Gasteiger partial charge in [0.15, 0.2) is 4.34 Å². The number of methoxy groups -OCH3 is 1. The number of halogens is 1. The van der Waals surface area contributed by atoms with Crippen LogP contribution in [0.3, 0.4) is 0 Å². The van der Waals surface area contributed by atoms with Crippen molar-refractivity contribution in [1.82, 2.24) is 4.98 Å². The van der Waals surface area contributed by atoms with Gasteiger partial charge < -0.3 is 10.1 Å². The Labute approximate surface area is 165 Å². The Bertz CT molecular complexity index is 913. The van der Waals surface area contributed by atoms with Gasteiger partial charge in [0, 0.05) is 22.0 Å². The summed E-state index contributed by atoms with van der Waals surface area (Å²) < 4.78 is 6.14. The fourth-order valence-corrected chi connectivity index (χ4v) is 4.10. The molecule has 0 aliphatic heterocycles. The van der Waals surface area contributed by atoms with Crippen LogP contribution in [-0.2, 0) is 4.79 Å². The van der Waals surface area contributed by atoms with Crippen LogP contribution < -0.4 is 10.1 Å². The van der Waals surface area contributed by atoms with Gasteiger partial charge >= 0.3 is 0 Å². The molecule has 0 saturated carbocycles. The third-order valence-electron chi connectivity index (χ3n) is 3.63. The van der Waals surface area contributed by atoms with Crippen LogP contribution in [0.2, 0.25) is 5.02 Å². The number of amides is 1. The summed E-state index contributed by atoms with van der Waals surface area (Å²) in [4.78, 5) is 16.9. The van der Waals surface area contributed by atoms with Crippen LogP contribution in [0.15, 0.2) is 52.2 Å². The van der Waals surface area contributed by atoms with Crippen molar-refractivity contribution in [2.75, 3.05) is 18.2 Å². The average Bonchev–Trinajstić information content (AvgIpc) is 3.12. The van der Waals surface area contributed by atoms with Gasteiger partial charge in [0.05, 0.1) is 24.2 Å². The first-order valence-corrected chi connectivity index (χ1v) is 10.1. The molecule has 1 amide bonds. The fourth-order valence-electron chi connectivity index (χ4n) is 2.31. The summed E-state index contributed by atoms with van der Waals surface area (Å²) in [5.74, 6) is 0.693. The van der Waals surface area contributed by atoms with Crippen LogP contribution in [0.25, 0.3) is 11.3 Å². The minimum atomic E-state index is -0.119. The van der Waals surface area contributed by atoms with Gasteiger partial charge in [0.1, 0.15) is 5.75 Å². The molecule has 0 atom stereocenters. The molecular formula is C19H17ClN2O2S2. The van der Waals surface area contributed by atoms with E-state index in [0.29, 0.717) is 16.5 Å². The number of aryl methyl sites for hydroxylation is 1. The molecule has 3 rings (SSSR count). The maximum absolute atomic E-state index is 12.3. The molecule has 1 heterocycles. The summed E-state index contributed by atoms with van der Waals surface area (Å²) in [6.45, 7) is 1.88. The predicted molar refractivity (Wildman–Crippen MR) is 110 cm³/mol. The SMILES string of the molecule is COc1cc(Cl)c(C)cc1NC(=O)CSc1nc(-c2ccccc2)cs1. The van der Waals surface area contributed by atoms with Crippen LogP contribution in [0, 0.1) is 6.92 Å². The number of hydrogen-bond acceptors (Lipinski definition) is 5. The Morgan fingerprint density at radius 2 is 2.08 bits per heavy atom. The molecule has 0 unspecified atom stereocenters. The lowest BCUT2D eigenvalue weighted by Gasteiger charge is -2.12. The van der Waals surface area contributed by atoms with Crippen LogP contribution in [0.5, 0.6) is 5.75 Å². The third kappa shape index (κ3) is 4.58. The zero-order chi connectivity index (χ0) is 18.5. The standard InChI is InChI=1S/C19H17ClN2O2S2/c1-12-8-15(17(24-2)9-14(12)20)21-18(23)11-26-19-22-16(10-25-19)13-6-4-3-5-7-13/h3-10H,11H2,1-2H3,(H,21,23). The predicted octanol–water partition coefficient (Wildman–Crippen LogP) is 5.51. The summed E-state index contributed by atoms with van der Waals surface area (Å²) in [5.41, 5.74) is 3.49. The van der Waals surface area contributed by atoms with Gasteiger partial charge in [-0.3, -0.25) is 4.79 Å². The number of aromatic nitrogens is 1. The number of hydrogen-bond donors (Lipinski definition) is 1. The van der Waals surface area contributed by atoms with E-state index in [2.05, 4.69) is 10.3 Å². The molecule has 0 fully saturated rings. The number of carbonyl (C=O) groups is 1. The number of anilines is 1. The largest absolute Gasteiger partial charge is 0.495 e. The minimum absolute atomic E-state index is 0.119. The van der Waals surface area contributed by atoms with Crippen molar-refractivity contribution in [3.05, 3.63) is 58.4 Å². The molecule has 3 aromatic rings. The molecular weight excluding hydrogens is 388 g/mol. The van der Waals surface area contributed by atoms with E-state index in [9.17, 15) is 4.79 Å². The maximum atomic E-state index is 12.3. The Morgan fingerprint density at radius 1 is 1.31 bits per heavy atom. The molecule has 0 aliphatic rings. The van der Waals surface area contributed by atoms with Crippen LogP contribution in [-0.4, -0.2) is 23.8 Å². The number of nitrogens with one attached hydrogen (secondary N) is 1. The van der Waals surface area contributed by atoms with Gasteiger partial charge in [-0.15, -0.1) is 11.3 Å². The maximum Gasteiger partial charge on any atom is 0.234 e. The summed E-state index contributed by atoms with van der Waals surface area (Å²) in [5, 5.41) is 5.48. The molecule has 0 saturated heterocycles. The third-order valence-corrected chi connectivity index (χ3v) is 6.06. The van der Waals surface area contributed by atoms with E-state index in [4.69, 9.17) is 16.3 Å².